The Morgan fingerprint density at radius 2 is 1.73 bits per heavy atom. The van der Waals surface area contributed by atoms with Gasteiger partial charge in [-0.3, -0.25) is 4.79 Å². The first kappa shape index (κ1) is 22.4. The monoisotopic (exact) mass is 441 g/mol. The third-order valence-corrected chi connectivity index (χ3v) is 5.59. The first-order valence-electron chi connectivity index (χ1n) is 10.8. The van der Waals surface area contributed by atoms with Gasteiger partial charge in [0.2, 0.25) is 5.91 Å². The second-order valence-corrected chi connectivity index (χ2v) is 7.73. The van der Waals surface area contributed by atoms with Crippen LogP contribution in [0.2, 0.25) is 0 Å². The molecular formula is C28H27NO4. The summed E-state index contributed by atoms with van der Waals surface area (Å²) in [6.07, 6.45) is 2.75. The predicted octanol–water partition coefficient (Wildman–Crippen LogP) is 5.61. The maximum atomic E-state index is 13.5. The van der Waals surface area contributed by atoms with Crippen molar-refractivity contribution in [2.24, 2.45) is 0 Å². The van der Waals surface area contributed by atoms with Crippen molar-refractivity contribution >= 4 is 16.9 Å². The van der Waals surface area contributed by atoms with Crippen molar-refractivity contribution in [3.05, 3.63) is 114 Å². The van der Waals surface area contributed by atoms with E-state index in [2.05, 4.69) is 11.9 Å². The predicted molar refractivity (Wildman–Crippen MR) is 129 cm³/mol. The molecule has 1 heterocycles. The fourth-order valence-corrected chi connectivity index (χ4v) is 3.83. The van der Waals surface area contributed by atoms with Crippen molar-refractivity contribution in [2.75, 3.05) is 7.11 Å². The Hall–Kier alpha value is -3.83. The van der Waals surface area contributed by atoms with E-state index in [0.29, 0.717) is 24.5 Å². The molecular weight excluding hydrogens is 414 g/mol. The molecule has 0 saturated carbocycles. The van der Waals surface area contributed by atoms with Gasteiger partial charge in [0.05, 0.1) is 32.0 Å². The Labute approximate surface area is 193 Å². The average molecular weight is 442 g/mol. The number of hydrogen-bond acceptors (Lipinski definition) is 4. The van der Waals surface area contributed by atoms with E-state index in [-0.39, 0.29) is 5.91 Å². The summed E-state index contributed by atoms with van der Waals surface area (Å²) in [5.74, 6) is -0.103. The maximum Gasteiger partial charge on any atom is 0.230 e. The van der Waals surface area contributed by atoms with Gasteiger partial charge in [0.1, 0.15) is 11.3 Å². The zero-order valence-electron chi connectivity index (χ0n) is 18.6. The molecule has 0 unspecified atom stereocenters. The van der Waals surface area contributed by atoms with E-state index in [0.717, 1.165) is 22.1 Å². The van der Waals surface area contributed by atoms with Gasteiger partial charge in [0, 0.05) is 23.6 Å². The van der Waals surface area contributed by atoms with Gasteiger partial charge in [-0.2, -0.15) is 0 Å². The summed E-state index contributed by atoms with van der Waals surface area (Å²) in [5.41, 5.74) is 3.44. The van der Waals surface area contributed by atoms with Gasteiger partial charge in [0.15, 0.2) is 0 Å². The molecule has 0 fully saturated rings. The third-order valence-electron chi connectivity index (χ3n) is 5.59. The minimum atomic E-state index is -0.635. The number of furan rings is 1. The van der Waals surface area contributed by atoms with Gasteiger partial charge < -0.3 is 19.2 Å². The summed E-state index contributed by atoms with van der Waals surface area (Å²) >= 11 is 0. The van der Waals surface area contributed by atoms with Crippen molar-refractivity contribution in [3.8, 4) is 5.75 Å². The van der Waals surface area contributed by atoms with E-state index in [9.17, 15) is 4.79 Å². The second kappa shape index (κ2) is 10.7. The van der Waals surface area contributed by atoms with Crippen molar-refractivity contribution in [1.82, 2.24) is 5.32 Å². The standard InChI is InChI=1S/C28H27NO4/c1-3-25(32-18-21-12-8-5-9-13-21)27(28(30)29-17-20-10-6-4-7-11-20)24-19-33-26-16-22(31-2)14-15-23(24)26/h3-16,19,25,27H,1,17-18H2,2H3,(H,29,30)/t25-,27+/m0/s1. The Balaban J connectivity index is 1.63. The molecule has 0 aliphatic heterocycles. The lowest BCUT2D eigenvalue weighted by Crippen LogP contribution is -2.36. The average Bonchev–Trinajstić information content (AvgIpc) is 3.29. The van der Waals surface area contributed by atoms with Crippen molar-refractivity contribution < 1.29 is 18.7 Å². The molecule has 4 aromatic rings. The van der Waals surface area contributed by atoms with Crippen LogP contribution < -0.4 is 10.1 Å². The van der Waals surface area contributed by atoms with Gasteiger partial charge in [-0.15, -0.1) is 6.58 Å². The maximum absolute atomic E-state index is 13.5. The summed E-state index contributed by atoms with van der Waals surface area (Å²) < 4.78 is 17.3. The lowest BCUT2D eigenvalue weighted by molar-refractivity contribution is -0.125. The first-order valence-corrected chi connectivity index (χ1v) is 10.8. The van der Waals surface area contributed by atoms with Crippen molar-refractivity contribution in [1.29, 1.82) is 0 Å². The van der Waals surface area contributed by atoms with Crippen LogP contribution in [0.3, 0.4) is 0 Å². The number of rotatable bonds is 10. The number of carbonyl (C=O) groups excluding carboxylic acids is 1. The number of amides is 1. The Bertz CT molecular complexity index is 1200. The van der Waals surface area contributed by atoms with Crippen LogP contribution in [0.25, 0.3) is 11.0 Å². The molecule has 5 heteroatoms. The minimum absolute atomic E-state index is 0.157. The van der Waals surface area contributed by atoms with E-state index >= 15 is 0 Å². The molecule has 1 aromatic heterocycles. The van der Waals surface area contributed by atoms with Crippen LogP contribution in [0, 0.1) is 0 Å². The zero-order chi connectivity index (χ0) is 23.0. The molecule has 0 aliphatic carbocycles. The van der Waals surface area contributed by atoms with Crippen LogP contribution >= 0.6 is 0 Å². The molecule has 33 heavy (non-hydrogen) atoms. The highest BCUT2D eigenvalue weighted by molar-refractivity contribution is 5.92. The SMILES string of the molecule is C=C[C@H](OCc1ccccc1)[C@H](C(=O)NCc1ccccc1)c1coc2cc(OC)ccc12. The number of ether oxygens (including phenoxy) is 2. The fourth-order valence-electron chi connectivity index (χ4n) is 3.83. The van der Waals surface area contributed by atoms with Gasteiger partial charge >= 0.3 is 0 Å². The number of carbonyl (C=O) groups is 1. The van der Waals surface area contributed by atoms with Crippen molar-refractivity contribution in [2.45, 2.75) is 25.2 Å². The highest BCUT2D eigenvalue weighted by Gasteiger charge is 2.32. The number of benzene rings is 3. The van der Waals surface area contributed by atoms with Gasteiger partial charge in [-0.05, 0) is 23.3 Å². The van der Waals surface area contributed by atoms with E-state index in [1.807, 2.05) is 78.9 Å². The zero-order valence-corrected chi connectivity index (χ0v) is 18.6. The van der Waals surface area contributed by atoms with Crippen LogP contribution in [0.5, 0.6) is 5.75 Å². The summed E-state index contributed by atoms with van der Waals surface area (Å²) in [6.45, 7) is 4.74. The molecule has 1 amide bonds. The molecule has 1 N–H and O–H groups in total. The Morgan fingerprint density at radius 3 is 2.39 bits per heavy atom. The summed E-state index contributed by atoms with van der Waals surface area (Å²) in [6, 6.07) is 25.2. The van der Waals surface area contributed by atoms with E-state index in [1.165, 1.54) is 0 Å². The summed E-state index contributed by atoms with van der Waals surface area (Å²) in [7, 11) is 1.61. The van der Waals surface area contributed by atoms with E-state index < -0.39 is 12.0 Å². The second-order valence-electron chi connectivity index (χ2n) is 7.73. The fraction of sp³-hybridized carbons (Fsp3) is 0.179. The van der Waals surface area contributed by atoms with Crippen LogP contribution in [0.4, 0.5) is 0 Å². The van der Waals surface area contributed by atoms with Crippen molar-refractivity contribution in [3.63, 3.8) is 0 Å². The highest BCUT2D eigenvalue weighted by Crippen LogP contribution is 2.34. The van der Waals surface area contributed by atoms with Gasteiger partial charge in [0.25, 0.3) is 0 Å². The summed E-state index contributed by atoms with van der Waals surface area (Å²) in [5, 5.41) is 3.89. The number of methoxy groups -OCH3 is 1. The van der Waals surface area contributed by atoms with E-state index in [1.54, 1.807) is 19.4 Å². The molecule has 5 nitrogen and oxygen atoms in total. The molecule has 0 radical (unpaired) electrons. The van der Waals surface area contributed by atoms with Crippen LogP contribution in [0.15, 0.2) is 102 Å². The van der Waals surface area contributed by atoms with Gasteiger partial charge in [-0.1, -0.05) is 66.7 Å². The summed E-state index contributed by atoms with van der Waals surface area (Å²) in [4.78, 5) is 13.5. The molecule has 3 aromatic carbocycles. The van der Waals surface area contributed by atoms with Crippen LogP contribution in [0.1, 0.15) is 22.6 Å². The molecule has 0 saturated heterocycles. The lowest BCUT2D eigenvalue weighted by Gasteiger charge is -2.24. The minimum Gasteiger partial charge on any atom is -0.497 e. The quantitative estimate of drug-likeness (QED) is 0.325. The smallest absolute Gasteiger partial charge is 0.230 e. The molecule has 168 valence electrons. The Morgan fingerprint density at radius 1 is 1.03 bits per heavy atom. The first-order chi connectivity index (χ1) is 16.2. The largest absolute Gasteiger partial charge is 0.497 e. The molecule has 4 rings (SSSR count). The normalized spacial score (nSPS) is 12.8. The third kappa shape index (κ3) is 5.33. The van der Waals surface area contributed by atoms with Crippen LogP contribution in [-0.2, 0) is 22.7 Å². The van der Waals surface area contributed by atoms with E-state index in [4.69, 9.17) is 13.9 Å². The van der Waals surface area contributed by atoms with Gasteiger partial charge in [-0.25, -0.2) is 0 Å². The Kier molecular flexibility index (Phi) is 7.22. The molecule has 0 bridgehead atoms. The highest BCUT2D eigenvalue weighted by atomic mass is 16.5. The number of nitrogens with one attached hydrogen (secondary N) is 1. The lowest BCUT2D eigenvalue weighted by atomic mass is 9.91. The number of hydrogen-bond donors (Lipinski definition) is 1. The van der Waals surface area contributed by atoms with Crippen LogP contribution in [-0.4, -0.2) is 19.1 Å². The molecule has 0 spiro atoms. The number of fused-ring (bicyclic) bond motifs is 1. The topological polar surface area (TPSA) is 60.7 Å². The molecule has 2 atom stereocenters. The molecule has 0 aliphatic rings.